The molecule has 2 atom stereocenters. The van der Waals surface area contributed by atoms with Gasteiger partial charge in [-0.25, -0.2) is 0 Å². The van der Waals surface area contributed by atoms with Crippen molar-refractivity contribution in [2.45, 2.75) is 32.0 Å². The summed E-state index contributed by atoms with van der Waals surface area (Å²) in [5, 5.41) is 0. The van der Waals surface area contributed by atoms with Gasteiger partial charge in [0.25, 0.3) is 0 Å². The third-order valence-corrected chi connectivity index (χ3v) is 1.85. The number of fused-ring (bicyclic) bond motifs is 1. The fourth-order valence-electron chi connectivity index (χ4n) is 1.35. The summed E-state index contributed by atoms with van der Waals surface area (Å²) in [6, 6.07) is 0. The highest BCUT2D eigenvalue weighted by molar-refractivity contribution is 5.98. The molecular weight excluding hydrogens is 160 g/mol. The van der Waals surface area contributed by atoms with Gasteiger partial charge in [0.2, 0.25) is 12.1 Å². The predicted molar refractivity (Wildman–Crippen MR) is 39.1 cm³/mol. The molecule has 0 radical (unpaired) electrons. The summed E-state index contributed by atoms with van der Waals surface area (Å²) in [4.78, 5) is 11.2. The minimum atomic E-state index is -0.730. The van der Waals surface area contributed by atoms with Gasteiger partial charge in [-0.05, 0) is 13.8 Å². The normalized spacial score (nSPS) is 38.2. The molecule has 0 N–H and O–H groups in total. The number of carbonyl (C=O) groups is 1. The smallest absolute Gasteiger partial charge is 0.236 e. The number of ether oxygens (including phenoxy) is 3. The van der Waals surface area contributed by atoms with Crippen LogP contribution in [0.25, 0.3) is 0 Å². The number of hydrogen-bond donors (Lipinski definition) is 0. The molecule has 0 bridgehead atoms. The molecule has 4 heteroatoms. The highest BCUT2D eigenvalue weighted by Crippen LogP contribution is 2.35. The van der Waals surface area contributed by atoms with E-state index in [2.05, 4.69) is 6.58 Å². The van der Waals surface area contributed by atoms with Crippen LogP contribution in [0.3, 0.4) is 0 Å². The Kier molecular flexibility index (Phi) is 1.35. The minimum absolute atomic E-state index is 0.125. The molecule has 0 amide bonds. The molecule has 2 fully saturated rings. The molecule has 2 aliphatic rings. The summed E-state index contributed by atoms with van der Waals surface area (Å²) in [7, 11) is 0. The van der Waals surface area contributed by atoms with Crippen molar-refractivity contribution in [2.75, 3.05) is 0 Å². The molecule has 4 nitrogen and oxygen atoms in total. The second kappa shape index (κ2) is 2.08. The van der Waals surface area contributed by atoms with Crippen molar-refractivity contribution in [3.05, 3.63) is 12.3 Å². The molecule has 2 saturated heterocycles. The van der Waals surface area contributed by atoms with E-state index in [0.717, 1.165) is 0 Å². The van der Waals surface area contributed by atoms with E-state index in [1.807, 2.05) is 0 Å². The van der Waals surface area contributed by atoms with Gasteiger partial charge in [0, 0.05) is 0 Å². The van der Waals surface area contributed by atoms with Crippen molar-refractivity contribution in [1.29, 1.82) is 0 Å². The van der Waals surface area contributed by atoms with Crippen LogP contribution in [0.5, 0.6) is 0 Å². The Morgan fingerprint density at radius 3 is 2.67 bits per heavy atom. The Bertz CT molecular complexity index is 256. The van der Waals surface area contributed by atoms with Gasteiger partial charge in [-0.1, -0.05) is 6.58 Å². The van der Waals surface area contributed by atoms with Crippen LogP contribution in [0.1, 0.15) is 13.8 Å². The van der Waals surface area contributed by atoms with Crippen LogP contribution in [0.2, 0.25) is 0 Å². The molecule has 0 aliphatic carbocycles. The van der Waals surface area contributed by atoms with E-state index in [1.54, 1.807) is 13.8 Å². The molecular formula is C8H10O4. The Morgan fingerprint density at radius 2 is 2.08 bits per heavy atom. The number of Topliss-reactive ketones (excluding diaryl/α,β-unsaturated/α-hetero) is 1. The van der Waals surface area contributed by atoms with Gasteiger partial charge >= 0.3 is 0 Å². The van der Waals surface area contributed by atoms with Gasteiger partial charge in [0.15, 0.2) is 17.7 Å². The summed E-state index contributed by atoms with van der Waals surface area (Å²) >= 11 is 0. The summed E-state index contributed by atoms with van der Waals surface area (Å²) in [5.74, 6) is -0.822. The first-order valence-electron chi connectivity index (χ1n) is 3.75. The fraction of sp³-hybridized carbons (Fsp3) is 0.625. The van der Waals surface area contributed by atoms with E-state index in [0.29, 0.717) is 0 Å². The first-order chi connectivity index (χ1) is 5.49. The Morgan fingerprint density at radius 1 is 1.42 bits per heavy atom. The van der Waals surface area contributed by atoms with Crippen LogP contribution in [0, 0.1) is 0 Å². The van der Waals surface area contributed by atoms with E-state index in [4.69, 9.17) is 14.2 Å². The molecule has 0 aromatic carbocycles. The number of hydrogen-bond acceptors (Lipinski definition) is 4. The van der Waals surface area contributed by atoms with Crippen molar-refractivity contribution in [3.8, 4) is 0 Å². The lowest BCUT2D eigenvalue weighted by Crippen LogP contribution is -2.25. The Labute approximate surface area is 70.1 Å². The lowest BCUT2D eigenvalue weighted by atomic mass is 10.2. The maximum Gasteiger partial charge on any atom is 0.236 e. The summed E-state index contributed by atoms with van der Waals surface area (Å²) < 4.78 is 15.6. The van der Waals surface area contributed by atoms with E-state index in [9.17, 15) is 4.79 Å². The van der Waals surface area contributed by atoms with Gasteiger partial charge in [0.05, 0.1) is 0 Å². The Balaban J connectivity index is 2.21. The number of rotatable bonds is 0. The van der Waals surface area contributed by atoms with E-state index in [-0.39, 0.29) is 11.5 Å². The monoisotopic (exact) mass is 170 g/mol. The maximum absolute atomic E-state index is 11.2. The van der Waals surface area contributed by atoms with Gasteiger partial charge in [-0.2, -0.15) is 0 Å². The van der Waals surface area contributed by atoms with Crippen molar-refractivity contribution < 1.29 is 19.0 Å². The number of ketones is 1. The van der Waals surface area contributed by atoms with E-state index in [1.165, 1.54) is 0 Å². The standard InChI is InChI=1S/C8H10O4/c1-4-5(9)6-7(10-4)12-8(2,3)11-6/h6-7H,1H2,2-3H3. The molecule has 66 valence electrons. The molecule has 2 rings (SSSR count). The van der Waals surface area contributed by atoms with Crippen molar-refractivity contribution >= 4 is 5.78 Å². The third-order valence-electron chi connectivity index (χ3n) is 1.85. The third kappa shape index (κ3) is 0.956. The van der Waals surface area contributed by atoms with Crippen LogP contribution in [-0.2, 0) is 19.0 Å². The highest BCUT2D eigenvalue weighted by Gasteiger charge is 2.52. The molecule has 2 heterocycles. The van der Waals surface area contributed by atoms with Gasteiger partial charge in [-0.3, -0.25) is 4.79 Å². The topological polar surface area (TPSA) is 44.8 Å². The van der Waals surface area contributed by atoms with Crippen LogP contribution < -0.4 is 0 Å². The van der Waals surface area contributed by atoms with Gasteiger partial charge in [0.1, 0.15) is 0 Å². The van der Waals surface area contributed by atoms with E-state index < -0.39 is 18.2 Å². The van der Waals surface area contributed by atoms with Crippen LogP contribution >= 0.6 is 0 Å². The van der Waals surface area contributed by atoms with Crippen molar-refractivity contribution in [1.82, 2.24) is 0 Å². The van der Waals surface area contributed by atoms with Crippen LogP contribution in [0.4, 0.5) is 0 Å². The first-order valence-corrected chi connectivity index (χ1v) is 3.75. The van der Waals surface area contributed by atoms with Crippen LogP contribution in [0.15, 0.2) is 12.3 Å². The van der Waals surface area contributed by atoms with Gasteiger partial charge < -0.3 is 14.2 Å². The molecule has 12 heavy (non-hydrogen) atoms. The summed E-state index contributed by atoms with van der Waals surface area (Å²) in [6.45, 7) is 6.92. The zero-order valence-corrected chi connectivity index (χ0v) is 6.99. The molecule has 0 saturated carbocycles. The van der Waals surface area contributed by atoms with Gasteiger partial charge in [-0.15, -0.1) is 0 Å². The van der Waals surface area contributed by atoms with Crippen molar-refractivity contribution in [3.63, 3.8) is 0 Å². The largest absolute Gasteiger partial charge is 0.458 e. The SMILES string of the molecule is C=C1OC2OC(C)(C)OC2C1=O. The number of carbonyl (C=O) groups excluding carboxylic acids is 1. The molecule has 2 unspecified atom stereocenters. The molecule has 0 spiro atoms. The van der Waals surface area contributed by atoms with Crippen molar-refractivity contribution in [2.24, 2.45) is 0 Å². The first kappa shape index (κ1) is 7.76. The minimum Gasteiger partial charge on any atom is -0.458 e. The predicted octanol–water partition coefficient (Wildman–Crippen LogP) is 0.577. The quantitative estimate of drug-likeness (QED) is 0.499. The second-order valence-corrected chi connectivity index (χ2v) is 3.33. The average molecular weight is 170 g/mol. The van der Waals surface area contributed by atoms with Crippen LogP contribution in [-0.4, -0.2) is 24.0 Å². The molecule has 0 aromatic rings. The lowest BCUT2D eigenvalue weighted by Gasteiger charge is -2.17. The molecule has 2 aliphatic heterocycles. The lowest BCUT2D eigenvalue weighted by molar-refractivity contribution is -0.184. The molecule has 0 aromatic heterocycles. The maximum atomic E-state index is 11.2. The zero-order chi connectivity index (χ0) is 8.93. The highest BCUT2D eigenvalue weighted by atomic mass is 16.8. The summed E-state index contributed by atoms with van der Waals surface area (Å²) in [5.41, 5.74) is 0. The zero-order valence-electron chi connectivity index (χ0n) is 6.99. The average Bonchev–Trinajstić information content (AvgIpc) is 2.33. The van der Waals surface area contributed by atoms with E-state index >= 15 is 0 Å². The summed E-state index contributed by atoms with van der Waals surface area (Å²) in [6.07, 6.45) is -1.22. The fourth-order valence-corrected chi connectivity index (χ4v) is 1.35. The second-order valence-electron chi connectivity index (χ2n) is 3.33. The Hall–Kier alpha value is -0.870.